The van der Waals surface area contributed by atoms with Crippen LogP contribution in [0.15, 0.2) is 109 Å². The Balaban J connectivity index is 1.39. The molecule has 4 aromatic carbocycles. The Hall–Kier alpha value is -4.91. The molecular weight excluding hydrogens is 440 g/mol. The maximum absolute atomic E-state index is 13.0. The van der Waals surface area contributed by atoms with E-state index in [1.165, 1.54) is 0 Å². The SMILES string of the molecule is COc1ccc(-n2nc(C(=O)Nc3ccc(Oc4ccccc4)cc3)nc2-c2ccccc2)cc1. The van der Waals surface area contributed by atoms with Gasteiger partial charge in [-0.25, -0.2) is 9.67 Å². The van der Waals surface area contributed by atoms with Gasteiger partial charge >= 0.3 is 0 Å². The van der Waals surface area contributed by atoms with Crippen LogP contribution >= 0.6 is 0 Å². The lowest BCUT2D eigenvalue weighted by Crippen LogP contribution is -2.14. The maximum Gasteiger partial charge on any atom is 0.295 e. The van der Waals surface area contributed by atoms with Crippen molar-refractivity contribution >= 4 is 11.6 Å². The average Bonchev–Trinajstić information content (AvgIpc) is 3.37. The summed E-state index contributed by atoms with van der Waals surface area (Å²) in [5, 5.41) is 7.37. The summed E-state index contributed by atoms with van der Waals surface area (Å²) in [6.07, 6.45) is 0. The minimum absolute atomic E-state index is 0.0595. The van der Waals surface area contributed by atoms with E-state index in [1.54, 1.807) is 36.1 Å². The van der Waals surface area contributed by atoms with Crippen molar-refractivity contribution in [3.05, 3.63) is 115 Å². The van der Waals surface area contributed by atoms with Gasteiger partial charge < -0.3 is 14.8 Å². The molecule has 1 heterocycles. The molecule has 35 heavy (non-hydrogen) atoms. The third kappa shape index (κ3) is 5.04. The Labute approximate surface area is 202 Å². The van der Waals surface area contributed by atoms with Crippen LogP contribution in [0.5, 0.6) is 17.2 Å². The first kappa shape index (κ1) is 21.9. The number of aromatic nitrogens is 3. The second-order valence-corrected chi connectivity index (χ2v) is 7.63. The smallest absolute Gasteiger partial charge is 0.295 e. The van der Waals surface area contributed by atoms with Crippen molar-refractivity contribution in [2.45, 2.75) is 0 Å². The summed E-state index contributed by atoms with van der Waals surface area (Å²) in [6, 6.07) is 33.7. The number of benzene rings is 4. The number of anilines is 1. The number of carbonyl (C=O) groups is 1. The number of hydrogen-bond donors (Lipinski definition) is 1. The number of methoxy groups -OCH3 is 1. The summed E-state index contributed by atoms with van der Waals surface area (Å²) in [5.41, 5.74) is 2.22. The highest BCUT2D eigenvalue weighted by molar-refractivity contribution is 6.01. The van der Waals surface area contributed by atoms with Gasteiger partial charge in [0, 0.05) is 11.3 Å². The van der Waals surface area contributed by atoms with Crippen LogP contribution in [0.25, 0.3) is 17.1 Å². The highest BCUT2D eigenvalue weighted by Gasteiger charge is 2.19. The number of ether oxygens (including phenoxy) is 2. The highest BCUT2D eigenvalue weighted by atomic mass is 16.5. The van der Waals surface area contributed by atoms with Gasteiger partial charge in [-0.15, -0.1) is 5.10 Å². The lowest BCUT2D eigenvalue weighted by Gasteiger charge is -2.07. The van der Waals surface area contributed by atoms with Crippen LogP contribution in [-0.4, -0.2) is 27.8 Å². The van der Waals surface area contributed by atoms with Gasteiger partial charge in [-0.3, -0.25) is 4.79 Å². The van der Waals surface area contributed by atoms with Crippen LogP contribution in [0.4, 0.5) is 5.69 Å². The molecule has 0 spiro atoms. The second kappa shape index (κ2) is 9.93. The number of nitrogens with one attached hydrogen (secondary N) is 1. The third-order valence-corrected chi connectivity index (χ3v) is 5.25. The minimum atomic E-state index is -0.411. The molecule has 1 amide bonds. The van der Waals surface area contributed by atoms with E-state index in [0.717, 1.165) is 22.7 Å². The highest BCUT2D eigenvalue weighted by Crippen LogP contribution is 2.25. The number of hydrogen-bond acceptors (Lipinski definition) is 5. The van der Waals surface area contributed by atoms with Crippen LogP contribution in [0.1, 0.15) is 10.6 Å². The van der Waals surface area contributed by atoms with E-state index < -0.39 is 5.91 Å². The zero-order valence-electron chi connectivity index (χ0n) is 19.0. The van der Waals surface area contributed by atoms with Gasteiger partial charge in [0.1, 0.15) is 17.2 Å². The molecule has 5 aromatic rings. The molecule has 1 N–H and O–H groups in total. The fourth-order valence-electron chi connectivity index (χ4n) is 3.50. The molecule has 5 rings (SSSR count). The van der Waals surface area contributed by atoms with Crippen LogP contribution in [0, 0.1) is 0 Å². The molecule has 0 saturated carbocycles. The van der Waals surface area contributed by atoms with E-state index in [-0.39, 0.29) is 5.82 Å². The zero-order chi connectivity index (χ0) is 24.0. The second-order valence-electron chi connectivity index (χ2n) is 7.63. The molecule has 0 bridgehead atoms. The molecular formula is C28H22N4O3. The van der Waals surface area contributed by atoms with Gasteiger partial charge in [0.05, 0.1) is 12.8 Å². The van der Waals surface area contributed by atoms with Crippen molar-refractivity contribution in [3.63, 3.8) is 0 Å². The van der Waals surface area contributed by atoms with Crippen molar-refractivity contribution < 1.29 is 14.3 Å². The topological polar surface area (TPSA) is 78.3 Å². The summed E-state index contributed by atoms with van der Waals surface area (Å²) < 4.78 is 12.7. The lowest BCUT2D eigenvalue weighted by molar-refractivity contribution is 0.101. The standard InChI is InChI=1S/C28H22N4O3/c1-34-23-18-14-22(15-19-23)32-27(20-8-4-2-5-9-20)30-26(31-32)28(33)29-21-12-16-25(17-13-21)35-24-10-6-3-7-11-24/h2-19H,1H3,(H,29,33). The Morgan fingerprint density at radius 2 is 1.34 bits per heavy atom. The maximum atomic E-state index is 13.0. The van der Waals surface area contributed by atoms with E-state index in [0.29, 0.717) is 17.3 Å². The Morgan fingerprint density at radius 1 is 0.743 bits per heavy atom. The quantitative estimate of drug-likeness (QED) is 0.322. The first-order valence-corrected chi connectivity index (χ1v) is 11.0. The molecule has 7 nitrogen and oxygen atoms in total. The molecule has 0 aliphatic rings. The number of amides is 1. The number of rotatable bonds is 7. The fourth-order valence-corrected chi connectivity index (χ4v) is 3.50. The molecule has 0 aliphatic carbocycles. The molecule has 0 atom stereocenters. The van der Waals surface area contributed by atoms with Gasteiger partial charge in [0.2, 0.25) is 5.82 Å². The molecule has 0 unspecified atom stereocenters. The molecule has 0 fully saturated rings. The van der Waals surface area contributed by atoms with Gasteiger partial charge in [0.25, 0.3) is 5.91 Å². The first-order valence-electron chi connectivity index (χ1n) is 11.0. The van der Waals surface area contributed by atoms with Crippen molar-refractivity contribution in [1.82, 2.24) is 14.8 Å². The van der Waals surface area contributed by atoms with Crippen molar-refractivity contribution in [3.8, 4) is 34.3 Å². The Morgan fingerprint density at radius 3 is 2.00 bits per heavy atom. The lowest BCUT2D eigenvalue weighted by atomic mass is 10.2. The monoisotopic (exact) mass is 462 g/mol. The van der Waals surface area contributed by atoms with Crippen molar-refractivity contribution in [1.29, 1.82) is 0 Å². The number of carbonyl (C=O) groups excluding carboxylic acids is 1. The largest absolute Gasteiger partial charge is 0.497 e. The molecule has 0 saturated heterocycles. The van der Waals surface area contributed by atoms with Gasteiger partial charge in [-0.05, 0) is 60.7 Å². The summed E-state index contributed by atoms with van der Waals surface area (Å²) in [7, 11) is 1.61. The van der Waals surface area contributed by atoms with E-state index in [2.05, 4.69) is 15.4 Å². The van der Waals surface area contributed by atoms with E-state index in [4.69, 9.17) is 9.47 Å². The minimum Gasteiger partial charge on any atom is -0.497 e. The van der Waals surface area contributed by atoms with Crippen LogP contribution in [-0.2, 0) is 0 Å². The van der Waals surface area contributed by atoms with Gasteiger partial charge in [-0.2, -0.15) is 0 Å². The molecule has 1 aromatic heterocycles. The number of nitrogens with zero attached hydrogens (tertiary/aromatic N) is 3. The van der Waals surface area contributed by atoms with Crippen LogP contribution in [0.3, 0.4) is 0 Å². The van der Waals surface area contributed by atoms with E-state index in [9.17, 15) is 4.79 Å². The first-order chi connectivity index (χ1) is 17.2. The van der Waals surface area contributed by atoms with Gasteiger partial charge in [-0.1, -0.05) is 48.5 Å². The summed E-state index contributed by atoms with van der Waals surface area (Å²) in [4.78, 5) is 17.6. The Bertz CT molecular complexity index is 1420. The fraction of sp³-hybridized carbons (Fsp3) is 0.0357. The van der Waals surface area contributed by atoms with Crippen molar-refractivity contribution in [2.75, 3.05) is 12.4 Å². The molecule has 0 radical (unpaired) electrons. The Kier molecular flexibility index (Phi) is 6.21. The summed E-state index contributed by atoms with van der Waals surface area (Å²) in [6.45, 7) is 0. The summed E-state index contributed by atoms with van der Waals surface area (Å²) in [5.74, 6) is 2.35. The summed E-state index contributed by atoms with van der Waals surface area (Å²) >= 11 is 0. The van der Waals surface area contributed by atoms with Crippen LogP contribution < -0.4 is 14.8 Å². The third-order valence-electron chi connectivity index (χ3n) is 5.25. The molecule has 7 heteroatoms. The zero-order valence-corrected chi connectivity index (χ0v) is 19.0. The normalized spacial score (nSPS) is 10.5. The molecule has 172 valence electrons. The van der Waals surface area contributed by atoms with Crippen LogP contribution in [0.2, 0.25) is 0 Å². The van der Waals surface area contributed by atoms with E-state index >= 15 is 0 Å². The van der Waals surface area contributed by atoms with E-state index in [1.807, 2.05) is 84.9 Å². The van der Waals surface area contributed by atoms with Gasteiger partial charge in [0.15, 0.2) is 5.82 Å². The average molecular weight is 463 g/mol. The number of para-hydroxylation sites is 1. The predicted molar refractivity (Wildman–Crippen MR) is 134 cm³/mol. The predicted octanol–water partition coefficient (Wildman–Crippen LogP) is 5.99. The van der Waals surface area contributed by atoms with Crippen molar-refractivity contribution in [2.24, 2.45) is 0 Å². The molecule has 0 aliphatic heterocycles.